The fraction of sp³-hybridized carbons (Fsp3) is 0.393. The first kappa shape index (κ1) is 29.5. The highest BCUT2D eigenvalue weighted by Gasteiger charge is 2.36. The summed E-state index contributed by atoms with van der Waals surface area (Å²) in [5.41, 5.74) is 11.4. The Hall–Kier alpha value is -3.44. The summed E-state index contributed by atoms with van der Waals surface area (Å²) in [4.78, 5) is 20.8. The van der Waals surface area contributed by atoms with Crippen molar-refractivity contribution in [3.05, 3.63) is 81.6 Å². The highest BCUT2D eigenvalue weighted by Crippen LogP contribution is 2.25. The van der Waals surface area contributed by atoms with Gasteiger partial charge in [-0.1, -0.05) is 23.7 Å². The molecule has 40 heavy (non-hydrogen) atoms. The molecule has 0 saturated carbocycles. The van der Waals surface area contributed by atoms with Crippen LogP contribution in [0.25, 0.3) is 0 Å². The Morgan fingerprint density at radius 3 is 1.95 bits per heavy atom. The molecule has 1 saturated heterocycles. The van der Waals surface area contributed by atoms with Gasteiger partial charge in [0.25, 0.3) is 5.91 Å². The van der Waals surface area contributed by atoms with Gasteiger partial charge in [-0.25, -0.2) is 27.5 Å². The molecule has 1 aliphatic rings. The van der Waals surface area contributed by atoms with E-state index in [-0.39, 0.29) is 52.5 Å². The number of quaternary nitrogens is 1. The number of nitrogens with two attached hydrogens (primary N) is 2. The largest absolute Gasteiger partial charge is 0.382 e. The molecule has 1 amide bonds. The Labute approximate surface area is 235 Å². The number of hydrogen-bond donors (Lipinski definition) is 3. The average molecular weight is 580 g/mol. The van der Waals surface area contributed by atoms with Crippen molar-refractivity contribution < 1.29 is 26.8 Å². The molecule has 1 aromatic heterocycles. The molecular formula is C28H32ClF4N6O+. The van der Waals surface area contributed by atoms with E-state index in [0.717, 1.165) is 13.0 Å². The minimum absolute atomic E-state index is 0.0326. The highest BCUT2D eigenvalue weighted by molar-refractivity contribution is 6.31. The van der Waals surface area contributed by atoms with Crippen LogP contribution < -0.4 is 16.8 Å². The molecule has 5 N–H and O–H groups in total. The van der Waals surface area contributed by atoms with Gasteiger partial charge in [-0.3, -0.25) is 4.79 Å². The number of carbonyl (C=O) groups is 1. The second-order valence-corrected chi connectivity index (χ2v) is 10.6. The Morgan fingerprint density at radius 2 is 1.43 bits per heavy atom. The maximum absolute atomic E-state index is 14.2. The van der Waals surface area contributed by atoms with Crippen LogP contribution in [0, 0.1) is 23.3 Å². The summed E-state index contributed by atoms with van der Waals surface area (Å²) in [6, 6.07) is 7.31. The zero-order chi connectivity index (χ0) is 28.9. The van der Waals surface area contributed by atoms with E-state index in [4.69, 9.17) is 23.1 Å². The molecule has 0 spiro atoms. The monoisotopic (exact) mass is 579 g/mol. The minimum Gasteiger partial charge on any atom is -0.382 e. The molecule has 4 rings (SSSR count). The number of amides is 1. The summed E-state index contributed by atoms with van der Waals surface area (Å²) in [7, 11) is 0. The Balaban J connectivity index is 1.49. The van der Waals surface area contributed by atoms with Gasteiger partial charge in [0, 0.05) is 24.0 Å². The van der Waals surface area contributed by atoms with Gasteiger partial charge in [-0.05, 0) is 49.9 Å². The second-order valence-electron chi connectivity index (χ2n) is 10.2. The Kier molecular flexibility index (Phi) is 9.47. The lowest BCUT2D eigenvalue weighted by Gasteiger charge is -2.45. The number of nitrogen functional groups attached to an aromatic ring is 2. The molecule has 0 aliphatic carbocycles. The number of carbonyl (C=O) groups excluding carboxylic acids is 1. The van der Waals surface area contributed by atoms with Gasteiger partial charge < -0.3 is 21.3 Å². The number of anilines is 2. The van der Waals surface area contributed by atoms with Gasteiger partial charge in [0.2, 0.25) is 0 Å². The Morgan fingerprint density at radius 1 is 0.900 bits per heavy atom. The van der Waals surface area contributed by atoms with Gasteiger partial charge in [0.15, 0.2) is 22.5 Å². The van der Waals surface area contributed by atoms with E-state index in [2.05, 4.69) is 15.3 Å². The summed E-state index contributed by atoms with van der Waals surface area (Å²) >= 11 is 5.93. The molecular weight excluding hydrogens is 548 g/mol. The van der Waals surface area contributed by atoms with E-state index in [1.165, 1.54) is 36.4 Å². The molecule has 0 bridgehead atoms. The molecule has 1 atom stereocenters. The van der Waals surface area contributed by atoms with Gasteiger partial charge in [-0.15, -0.1) is 0 Å². The van der Waals surface area contributed by atoms with Crippen molar-refractivity contribution in [1.82, 2.24) is 15.3 Å². The third-order valence-corrected chi connectivity index (χ3v) is 7.77. The van der Waals surface area contributed by atoms with Crippen LogP contribution in [0.2, 0.25) is 5.15 Å². The molecule has 2 heterocycles. The number of rotatable bonds is 10. The first-order chi connectivity index (χ1) is 19.1. The number of halogens is 5. The number of benzene rings is 2. The molecule has 0 unspecified atom stereocenters. The third kappa shape index (κ3) is 7.00. The molecule has 7 nitrogen and oxygen atoms in total. The zero-order valence-corrected chi connectivity index (χ0v) is 22.7. The number of piperidine rings is 1. The molecule has 2 aromatic carbocycles. The van der Waals surface area contributed by atoms with Crippen molar-refractivity contribution >= 4 is 29.1 Å². The lowest BCUT2D eigenvalue weighted by atomic mass is 9.98. The predicted molar refractivity (Wildman–Crippen MR) is 145 cm³/mol. The van der Waals surface area contributed by atoms with Gasteiger partial charge in [0.1, 0.15) is 23.3 Å². The molecule has 0 radical (unpaired) electrons. The molecule has 1 fully saturated rings. The topological polar surface area (TPSA) is 107 Å². The van der Waals surface area contributed by atoms with Crippen molar-refractivity contribution in [2.24, 2.45) is 0 Å². The van der Waals surface area contributed by atoms with Crippen LogP contribution >= 0.6 is 11.6 Å². The van der Waals surface area contributed by atoms with Crippen molar-refractivity contribution in [2.75, 3.05) is 37.6 Å². The van der Waals surface area contributed by atoms with Gasteiger partial charge in [0.05, 0.1) is 32.2 Å². The van der Waals surface area contributed by atoms with Crippen molar-refractivity contribution in [3.8, 4) is 0 Å². The summed E-state index contributed by atoms with van der Waals surface area (Å²) in [5.74, 6) is -3.13. The smallest absolute Gasteiger partial charge is 0.274 e. The van der Waals surface area contributed by atoms with Crippen LogP contribution in [0.15, 0.2) is 36.4 Å². The minimum atomic E-state index is -0.591. The SMILES string of the molecule is Nc1nc(N)c(C(=O)N[C@@H]2CCC[N+](CCCc3c(F)cccc3F)(CCCc3c(F)cccc3F)C2)nc1Cl. The Bertz CT molecular complexity index is 1280. The normalized spacial score (nSPS) is 16.6. The first-order valence-electron chi connectivity index (χ1n) is 13.2. The van der Waals surface area contributed by atoms with Crippen LogP contribution in [0.4, 0.5) is 29.2 Å². The third-order valence-electron chi connectivity index (χ3n) is 7.49. The average Bonchev–Trinajstić information content (AvgIpc) is 2.90. The lowest BCUT2D eigenvalue weighted by molar-refractivity contribution is -0.933. The van der Waals surface area contributed by atoms with Crippen LogP contribution in [0.3, 0.4) is 0 Å². The molecule has 12 heteroatoms. The standard InChI is InChI=1S/C28H31ClF4N6O/c29-25-27(35)38-26(34)24(37-25)28(40)36-17-6-3-13-39(16-17,14-4-7-18-20(30)9-1-10-21(18)31)15-5-8-19-22(32)11-2-12-23(19)33/h1-2,9-12,17H,3-8,13-16H2,(H4-,34,35,36,38,40)/p+1/t17-/m1/s1. The van der Waals surface area contributed by atoms with E-state index in [1.807, 2.05) is 0 Å². The summed E-state index contributed by atoms with van der Waals surface area (Å²) in [5, 5.41) is 2.82. The van der Waals surface area contributed by atoms with E-state index >= 15 is 0 Å². The fourth-order valence-electron chi connectivity index (χ4n) is 5.55. The maximum atomic E-state index is 14.2. The lowest BCUT2D eigenvalue weighted by Crippen LogP contribution is -2.60. The quantitative estimate of drug-likeness (QED) is 0.236. The van der Waals surface area contributed by atoms with Crippen LogP contribution in [-0.2, 0) is 12.8 Å². The van der Waals surface area contributed by atoms with Crippen LogP contribution in [0.1, 0.15) is 47.3 Å². The number of aromatic nitrogens is 2. The second kappa shape index (κ2) is 12.8. The maximum Gasteiger partial charge on any atom is 0.274 e. The molecule has 3 aromatic rings. The van der Waals surface area contributed by atoms with Crippen LogP contribution in [0.5, 0.6) is 0 Å². The zero-order valence-electron chi connectivity index (χ0n) is 21.9. The molecule has 214 valence electrons. The number of hydrogen-bond acceptors (Lipinski definition) is 5. The van der Waals surface area contributed by atoms with Crippen molar-refractivity contribution in [3.63, 3.8) is 0 Å². The number of likely N-dealkylation sites (tertiary alicyclic amines) is 1. The number of nitrogens with one attached hydrogen (secondary N) is 1. The van der Waals surface area contributed by atoms with E-state index in [0.29, 0.717) is 43.4 Å². The van der Waals surface area contributed by atoms with E-state index < -0.39 is 29.2 Å². The fourth-order valence-corrected chi connectivity index (χ4v) is 5.67. The number of nitrogens with zero attached hydrogens (tertiary/aromatic N) is 3. The summed E-state index contributed by atoms with van der Waals surface area (Å²) < 4.78 is 57.4. The highest BCUT2D eigenvalue weighted by atomic mass is 35.5. The predicted octanol–water partition coefficient (Wildman–Crippen LogP) is 4.83. The van der Waals surface area contributed by atoms with E-state index in [1.54, 1.807) is 0 Å². The summed E-state index contributed by atoms with van der Waals surface area (Å²) in [6.45, 7) is 2.40. The van der Waals surface area contributed by atoms with Gasteiger partial charge in [-0.2, -0.15) is 0 Å². The summed E-state index contributed by atoms with van der Waals surface area (Å²) in [6.07, 6.45) is 2.82. The van der Waals surface area contributed by atoms with Gasteiger partial charge >= 0.3 is 0 Å². The van der Waals surface area contributed by atoms with Crippen molar-refractivity contribution in [2.45, 2.75) is 44.6 Å². The molecule has 1 aliphatic heterocycles. The first-order valence-corrected chi connectivity index (χ1v) is 13.6. The van der Waals surface area contributed by atoms with E-state index in [9.17, 15) is 22.4 Å². The van der Waals surface area contributed by atoms with Crippen LogP contribution in [-0.4, -0.2) is 52.6 Å². The van der Waals surface area contributed by atoms with Crippen molar-refractivity contribution in [1.29, 1.82) is 0 Å².